The Kier molecular flexibility index (Phi) is 4.73. The molecule has 2 aromatic heterocycles. The largest absolute Gasteiger partial charge is 0.484 e. The van der Waals surface area contributed by atoms with E-state index in [4.69, 9.17) is 9.15 Å². The van der Waals surface area contributed by atoms with Crippen LogP contribution in [-0.4, -0.2) is 17.5 Å². The van der Waals surface area contributed by atoms with Gasteiger partial charge in [-0.25, -0.2) is 4.98 Å². The van der Waals surface area contributed by atoms with Crippen molar-refractivity contribution in [3.63, 3.8) is 0 Å². The third-order valence-electron chi connectivity index (χ3n) is 3.18. The highest BCUT2D eigenvalue weighted by atomic mass is 32.1. The summed E-state index contributed by atoms with van der Waals surface area (Å²) >= 11 is 1.62. The first-order chi connectivity index (χ1) is 11.2. The lowest BCUT2D eigenvalue weighted by Crippen LogP contribution is -2.28. The number of nitrogens with one attached hydrogen (secondary N) is 1. The van der Waals surface area contributed by atoms with E-state index in [-0.39, 0.29) is 12.5 Å². The summed E-state index contributed by atoms with van der Waals surface area (Å²) in [7, 11) is 0. The fourth-order valence-electron chi connectivity index (χ4n) is 2.02. The summed E-state index contributed by atoms with van der Waals surface area (Å²) in [5.74, 6) is 1.16. The Morgan fingerprint density at radius 2 is 2.13 bits per heavy atom. The predicted octanol–water partition coefficient (Wildman–Crippen LogP) is 3.41. The zero-order chi connectivity index (χ0) is 16.1. The van der Waals surface area contributed by atoms with Crippen LogP contribution < -0.4 is 10.1 Å². The first-order valence-electron chi connectivity index (χ1n) is 7.15. The van der Waals surface area contributed by atoms with E-state index in [1.807, 2.05) is 36.6 Å². The van der Waals surface area contributed by atoms with E-state index in [1.54, 1.807) is 29.7 Å². The van der Waals surface area contributed by atoms with Crippen molar-refractivity contribution in [2.24, 2.45) is 0 Å². The fraction of sp³-hybridized carbons (Fsp3) is 0.176. The molecule has 0 saturated carbocycles. The number of carbonyl (C=O) groups excluding carboxylic acids is 1. The van der Waals surface area contributed by atoms with Crippen molar-refractivity contribution < 1.29 is 13.9 Å². The number of ether oxygens (including phenoxy) is 1. The van der Waals surface area contributed by atoms with Gasteiger partial charge in [-0.05, 0) is 43.3 Å². The molecule has 3 rings (SSSR count). The van der Waals surface area contributed by atoms with Crippen LogP contribution in [0.25, 0.3) is 11.3 Å². The van der Waals surface area contributed by atoms with E-state index in [0.29, 0.717) is 18.1 Å². The first kappa shape index (κ1) is 15.3. The number of nitrogens with zero attached hydrogens (tertiary/aromatic N) is 1. The Morgan fingerprint density at radius 1 is 1.30 bits per heavy atom. The number of hydrogen-bond acceptors (Lipinski definition) is 5. The van der Waals surface area contributed by atoms with Crippen LogP contribution in [0, 0.1) is 6.92 Å². The lowest BCUT2D eigenvalue weighted by atomic mass is 10.2. The number of aryl methyl sites for hydroxylation is 1. The van der Waals surface area contributed by atoms with Gasteiger partial charge in [-0.3, -0.25) is 4.79 Å². The Bertz CT molecular complexity index is 764. The monoisotopic (exact) mass is 328 g/mol. The number of furan rings is 1. The number of hydrogen-bond donors (Lipinski definition) is 1. The van der Waals surface area contributed by atoms with E-state index < -0.39 is 0 Å². The topological polar surface area (TPSA) is 64.4 Å². The van der Waals surface area contributed by atoms with Crippen LogP contribution in [0.15, 0.2) is 52.5 Å². The molecule has 23 heavy (non-hydrogen) atoms. The highest BCUT2D eigenvalue weighted by Crippen LogP contribution is 2.23. The number of thiazole rings is 1. The minimum atomic E-state index is -0.194. The maximum absolute atomic E-state index is 11.7. The molecule has 0 fully saturated rings. The average molecular weight is 328 g/mol. The van der Waals surface area contributed by atoms with Gasteiger partial charge in [-0.15, -0.1) is 11.3 Å². The molecule has 118 valence electrons. The summed E-state index contributed by atoms with van der Waals surface area (Å²) in [5.41, 5.74) is 1.99. The summed E-state index contributed by atoms with van der Waals surface area (Å²) in [6.45, 7) is 2.31. The quantitative estimate of drug-likeness (QED) is 0.753. The minimum Gasteiger partial charge on any atom is -0.484 e. The van der Waals surface area contributed by atoms with Gasteiger partial charge in [-0.1, -0.05) is 0 Å². The third-order valence-corrected chi connectivity index (χ3v) is 3.95. The lowest BCUT2D eigenvalue weighted by Gasteiger charge is -2.07. The SMILES string of the molecule is Cc1nc(-c2ccc(OCC(=O)NCc3ccco3)cc2)cs1. The maximum Gasteiger partial charge on any atom is 0.258 e. The smallest absolute Gasteiger partial charge is 0.258 e. The molecule has 0 saturated heterocycles. The minimum absolute atomic E-state index is 0.0319. The molecular formula is C17H16N2O3S. The Labute approximate surface area is 137 Å². The van der Waals surface area contributed by atoms with Crippen LogP contribution in [0.5, 0.6) is 5.75 Å². The molecule has 1 aromatic carbocycles. The van der Waals surface area contributed by atoms with E-state index in [1.165, 1.54) is 0 Å². The summed E-state index contributed by atoms with van der Waals surface area (Å²) < 4.78 is 10.6. The molecule has 0 radical (unpaired) electrons. The van der Waals surface area contributed by atoms with Crippen LogP contribution in [0.3, 0.4) is 0 Å². The molecule has 0 aliphatic heterocycles. The van der Waals surface area contributed by atoms with Gasteiger partial charge in [-0.2, -0.15) is 0 Å². The van der Waals surface area contributed by atoms with Crippen molar-refractivity contribution in [2.75, 3.05) is 6.61 Å². The average Bonchev–Trinajstić information content (AvgIpc) is 3.23. The molecule has 1 N–H and O–H groups in total. The Hall–Kier alpha value is -2.60. The normalized spacial score (nSPS) is 10.5. The number of rotatable bonds is 6. The second-order valence-corrected chi connectivity index (χ2v) is 5.98. The Morgan fingerprint density at radius 3 is 2.78 bits per heavy atom. The number of carbonyl (C=O) groups is 1. The van der Waals surface area contributed by atoms with Gasteiger partial charge in [0, 0.05) is 10.9 Å². The van der Waals surface area contributed by atoms with Crippen molar-refractivity contribution in [1.29, 1.82) is 0 Å². The molecule has 0 aliphatic rings. The van der Waals surface area contributed by atoms with Crippen LogP contribution in [0.1, 0.15) is 10.8 Å². The van der Waals surface area contributed by atoms with Crippen molar-refractivity contribution in [3.8, 4) is 17.0 Å². The summed E-state index contributed by atoms with van der Waals surface area (Å²) in [6.07, 6.45) is 1.57. The van der Waals surface area contributed by atoms with E-state index in [0.717, 1.165) is 16.3 Å². The maximum atomic E-state index is 11.7. The molecule has 0 spiro atoms. The first-order valence-corrected chi connectivity index (χ1v) is 8.03. The van der Waals surface area contributed by atoms with Crippen LogP contribution >= 0.6 is 11.3 Å². The molecule has 0 unspecified atom stereocenters. The van der Waals surface area contributed by atoms with Crippen molar-refractivity contribution >= 4 is 17.2 Å². The highest BCUT2D eigenvalue weighted by Gasteiger charge is 2.05. The molecule has 6 heteroatoms. The van der Waals surface area contributed by atoms with Gasteiger partial charge in [0.25, 0.3) is 5.91 Å². The zero-order valence-corrected chi connectivity index (χ0v) is 13.4. The Balaban J connectivity index is 1.49. The summed E-state index contributed by atoms with van der Waals surface area (Å²) in [6, 6.07) is 11.1. The molecule has 0 aliphatic carbocycles. The van der Waals surface area contributed by atoms with Crippen LogP contribution in [0.4, 0.5) is 0 Å². The molecule has 0 bridgehead atoms. The second kappa shape index (κ2) is 7.11. The predicted molar refractivity (Wildman–Crippen MR) is 88.3 cm³/mol. The van der Waals surface area contributed by atoms with Gasteiger partial charge in [0.2, 0.25) is 0 Å². The lowest BCUT2D eigenvalue weighted by molar-refractivity contribution is -0.123. The van der Waals surface area contributed by atoms with Crippen molar-refractivity contribution in [2.45, 2.75) is 13.5 Å². The second-order valence-electron chi connectivity index (χ2n) is 4.92. The number of benzene rings is 1. The molecule has 2 heterocycles. The van der Waals surface area contributed by atoms with Crippen LogP contribution in [0.2, 0.25) is 0 Å². The standard InChI is InChI=1S/C17H16N2O3S/c1-12-19-16(11-23-12)13-4-6-14(7-5-13)22-10-17(20)18-9-15-3-2-8-21-15/h2-8,11H,9-10H2,1H3,(H,18,20). The van der Waals surface area contributed by atoms with Crippen molar-refractivity contribution in [3.05, 3.63) is 58.8 Å². The fourth-order valence-corrected chi connectivity index (χ4v) is 2.64. The highest BCUT2D eigenvalue weighted by molar-refractivity contribution is 7.09. The third kappa shape index (κ3) is 4.20. The van der Waals surface area contributed by atoms with E-state index in [9.17, 15) is 4.79 Å². The summed E-state index contributed by atoms with van der Waals surface area (Å²) in [4.78, 5) is 16.2. The van der Waals surface area contributed by atoms with E-state index >= 15 is 0 Å². The van der Waals surface area contributed by atoms with Gasteiger partial charge in [0.1, 0.15) is 11.5 Å². The number of amides is 1. The van der Waals surface area contributed by atoms with Crippen molar-refractivity contribution in [1.82, 2.24) is 10.3 Å². The van der Waals surface area contributed by atoms with Crippen LogP contribution in [-0.2, 0) is 11.3 Å². The van der Waals surface area contributed by atoms with Gasteiger partial charge >= 0.3 is 0 Å². The number of aromatic nitrogens is 1. The summed E-state index contributed by atoms with van der Waals surface area (Å²) in [5, 5.41) is 5.79. The molecule has 0 atom stereocenters. The molecular weight excluding hydrogens is 312 g/mol. The van der Waals surface area contributed by atoms with Gasteiger partial charge in [0.05, 0.1) is 23.5 Å². The molecule has 5 nitrogen and oxygen atoms in total. The van der Waals surface area contributed by atoms with E-state index in [2.05, 4.69) is 10.3 Å². The molecule has 3 aromatic rings. The van der Waals surface area contributed by atoms with Gasteiger partial charge in [0.15, 0.2) is 6.61 Å². The molecule has 1 amide bonds. The van der Waals surface area contributed by atoms with Gasteiger partial charge < -0.3 is 14.5 Å². The zero-order valence-electron chi connectivity index (χ0n) is 12.6.